The maximum atomic E-state index is 11.7. The van der Waals surface area contributed by atoms with Crippen LogP contribution in [0.25, 0.3) is 0 Å². The summed E-state index contributed by atoms with van der Waals surface area (Å²) in [6.07, 6.45) is 2.33. The fourth-order valence-electron chi connectivity index (χ4n) is 3.08. The highest BCUT2D eigenvalue weighted by molar-refractivity contribution is 6.88. The lowest BCUT2D eigenvalue weighted by Gasteiger charge is -2.30. The van der Waals surface area contributed by atoms with Crippen LogP contribution in [-0.2, 0) is 15.6 Å². The van der Waals surface area contributed by atoms with Crippen molar-refractivity contribution in [1.29, 1.82) is 0 Å². The van der Waals surface area contributed by atoms with E-state index in [9.17, 15) is 4.79 Å². The summed E-state index contributed by atoms with van der Waals surface area (Å²) in [6.45, 7) is 18.6. The van der Waals surface area contributed by atoms with Crippen LogP contribution in [0, 0.1) is 0 Å². The van der Waals surface area contributed by atoms with Crippen LogP contribution in [0.5, 0.6) is 11.5 Å². The molecule has 0 radical (unpaired) electrons. The molecule has 0 fully saturated rings. The van der Waals surface area contributed by atoms with Gasteiger partial charge in [0.15, 0.2) is 8.07 Å². The zero-order chi connectivity index (χ0) is 21.3. The van der Waals surface area contributed by atoms with Crippen molar-refractivity contribution in [1.82, 2.24) is 0 Å². The first kappa shape index (κ1) is 22.3. The largest absolute Gasteiger partial charge is 0.496 e. The van der Waals surface area contributed by atoms with Gasteiger partial charge in [-0.1, -0.05) is 54.6 Å². The molecular weight excluding hydrogens is 368 g/mol. The minimum atomic E-state index is -1.87. The Morgan fingerprint density at radius 3 is 2.00 bits per heavy atom. The highest BCUT2D eigenvalue weighted by atomic mass is 28.3. The molecule has 0 aliphatic rings. The van der Waals surface area contributed by atoms with Gasteiger partial charge in [-0.25, -0.2) is 0 Å². The van der Waals surface area contributed by atoms with Crippen LogP contribution in [0.4, 0.5) is 0 Å². The second kappa shape index (κ2) is 7.78. The van der Waals surface area contributed by atoms with Crippen LogP contribution in [0.15, 0.2) is 34.9 Å². The van der Waals surface area contributed by atoms with E-state index in [0.717, 1.165) is 22.3 Å². The number of esters is 1. The van der Waals surface area contributed by atoms with Gasteiger partial charge in [0.2, 0.25) is 0 Å². The monoisotopic (exact) mass is 402 g/mol. The lowest BCUT2D eigenvalue weighted by Crippen LogP contribution is -2.46. The molecular formula is C23H34O4Si. The van der Waals surface area contributed by atoms with Crippen molar-refractivity contribution in [2.45, 2.75) is 72.4 Å². The van der Waals surface area contributed by atoms with Crippen molar-refractivity contribution in [2.75, 3.05) is 6.23 Å². The van der Waals surface area contributed by atoms with Gasteiger partial charge in [-0.15, -0.1) is 0 Å². The predicted octanol–water partition coefficient (Wildman–Crippen LogP) is 5.33. The predicted molar refractivity (Wildman–Crippen MR) is 116 cm³/mol. The summed E-state index contributed by atoms with van der Waals surface area (Å²) >= 11 is 0. The number of hydrogen-bond acceptors (Lipinski definition) is 4. The van der Waals surface area contributed by atoms with Crippen molar-refractivity contribution in [3.63, 3.8) is 0 Å². The second-order valence-electron chi connectivity index (χ2n) is 10.1. The number of rotatable bonds is 5. The Hall–Kier alpha value is -2.01. The number of carbonyl (C=O) groups excluding carboxylic acids is 1. The molecule has 0 N–H and O–H groups in total. The summed E-state index contributed by atoms with van der Waals surface area (Å²) in [7, 11) is -1.87. The first-order chi connectivity index (χ1) is 12.7. The van der Waals surface area contributed by atoms with Gasteiger partial charge in [0.25, 0.3) is 0 Å². The second-order valence-corrected chi connectivity index (χ2v) is 14.6. The van der Waals surface area contributed by atoms with Crippen LogP contribution < -0.4 is 14.9 Å². The van der Waals surface area contributed by atoms with Gasteiger partial charge < -0.3 is 13.9 Å². The molecule has 28 heavy (non-hydrogen) atoms. The van der Waals surface area contributed by atoms with E-state index in [1.807, 2.05) is 24.3 Å². The van der Waals surface area contributed by atoms with Gasteiger partial charge in [0.1, 0.15) is 11.5 Å². The molecule has 0 amide bonds. The molecule has 1 aromatic heterocycles. The summed E-state index contributed by atoms with van der Waals surface area (Å²) in [5, 5.41) is 1.03. The summed E-state index contributed by atoms with van der Waals surface area (Å²) in [5.41, 5.74) is 1.65. The van der Waals surface area contributed by atoms with Gasteiger partial charge >= 0.3 is 5.97 Å². The topological polar surface area (TPSA) is 48.7 Å². The molecule has 4 nitrogen and oxygen atoms in total. The highest BCUT2D eigenvalue weighted by Crippen LogP contribution is 2.41. The Balaban J connectivity index is 2.50. The average molecular weight is 403 g/mol. The van der Waals surface area contributed by atoms with Gasteiger partial charge in [-0.2, -0.15) is 0 Å². The summed E-state index contributed by atoms with van der Waals surface area (Å²) in [4.78, 5) is 11.7. The normalized spacial score (nSPS) is 12.8. The molecule has 1 heterocycles. The van der Waals surface area contributed by atoms with E-state index in [1.165, 1.54) is 6.92 Å². The van der Waals surface area contributed by atoms with E-state index in [4.69, 9.17) is 13.9 Å². The van der Waals surface area contributed by atoms with E-state index in [1.54, 1.807) is 6.26 Å². The third-order valence-corrected chi connectivity index (χ3v) is 7.21. The Morgan fingerprint density at radius 2 is 1.54 bits per heavy atom. The highest BCUT2D eigenvalue weighted by Gasteiger charge is 2.31. The van der Waals surface area contributed by atoms with E-state index in [-0.39, 0.29) is 16.8 Å². The quantitative estimate of drug-likeness (QED) is 0.385. The van der Waals surface area contributed by atoms with Crippen LogP contribution in [0.2, 0.25) is 13.1 Å². The fraction of sp³-hybridized carbons (Fsp3) is 0.522. The van der Waals surface area contributed by atoms with E-state index in [2.05, 4.69) is 54.6 Å². The molecule has 2 aromatic rings. The number of ether oxygens (including phenoxy) is 2. The Morgan fingerprint density at radius 1 is 1.00 bits per heavy atom. The Labute approximate surface area is 170 Å². The maximum Gasteiger partial charge on any atom is 0.308 e. The van der Waals surface area contributed by atoms with Gasteiger partial charge in [-0.05, 0) is 35.1 Å². The molecule has 0 saturated carbocycles. The number of benzene rings is 1. The maximum absolute atomic E-state index is 11.7. The third kappa shape index (κ3) is 5.28. The molecule has 2 rings (SSSR count). The third-order valence-electron chi connectivity index (χ3n) is 4.73. The number of furan rings is 1. The van der Waals surface area contributed by atoms with E-state index < -0.39 is 8.07 Å². The molecule has 1 aromatic carbocycles. The van der Waals surface area contributed by atoms with Gasteiger partial charge in [0, 0.05) is 18.1 Å². The van der Waals surface area contributed by atoms with Crippen molar-refractivity contribution < 1.29 is 18.7 Å². The molecule has 0 atom stereocenters. The molecule has 0 bridgehead atoms. The van der Waals surface area contributed by atoms with Crippen molar-refractivity contribution in [2.24, 2.45) is 0 Å². The summed E-state index contributed by atoms with van der Waals surface area (Å²) in [5.74, 6) is 1.14. The van der Waals surface area contributed by atoms with Crippen LogP contribution in [0.3, 0.4) is 0 Å². The molecule has 154 valence electrons. The standard InChI is InChI=1S/C23H34O4Si/c1-16(24)27-20-14-17(22(2,3)4)19(13-18(20)23(5,6)7)26-15-28(8,9)21-11-10-12-25-21/h10-14H,15H2,1-9H3. The molecule has 0 spiro atoms. The van der Waals surface area contributed by atoms with E-state index in [0.29, 0.717) is 12.0 Å². The van der Waals surface area contributed by atoms with Crippen molar-refractivity contribution >= 4 is 19.4 Å². The van der Waals surface area contributed by atoms with Crippen molar-refractivity contribution in [3.05, 3.63) is 41.7 Å². The molecule has 0 aliphatic heterocycles. The van der Waals surface area contributed by atoms with Crippen LogP contribution >= 0.6 is 0 Å². The SMILES string of the molecule is CC(=O)Oc1cc(C(C)(C)C)c(OC[Si](C)(C)c2ccco2)cc1C(C)(C)C. The van der Waals surface area contributed by atoms with Crippen LogP contribution in [-0.4, -0.2) is 20.3 Å². The first-order valence-corrected chi connectivity index (χ1v) is 13.0. The Kier molecular flexibility index (Phi) is 6.19. The molecule has 0 saturated heterocycles. The zero-order valence-corrected chi connectivity index (χ0v) is 19.7. The van der Waals surface area contributed by atoms with E-state index >= 15 is 0 Å². The summed E-state index contributed by atoms with van der Waals surface area (Å²) in [6, 6.07) is 7.98. The molecule has 0 aliphatic carbocycles. The number of carbonyl (C=O) groups is 1. The number of hydrogen-bond donors (Lipinski definition) is 0. The lowest BCUT2D eigenvalue weighted by molar-refractivity contribution is -0.131. The summed E-state index contributed by atoms with van der Waals surface area (Å²) < 4.78 is 17.6. The average Bonchev–Trinajstić information content (AvgIpc) is 3.06. The first-order valence-electron chi connectivity index (χ1n) is 9.76. The van der Waals surface area contributed by atoms with Crippen LogP contribution in [0.1, 0.15) is 59.6 Å². The molecule has 5 heteroatoms. The Bertz CT molecular complexity index is 822. The van der Waals surface area contributed by atoms with Crippen molar-refractivity contribution in [3.8, 4) is 11.5 Å². The molecule has 0 unspecified atom stereocenters. The minimum absolute atomic E-state index is 0.156. The zero-order valence-electron chi connectivity index (χ0n) is 18.7. The fourth-order valence-corrected chi connectivity index (χ4v) is 4.68. The lowest BCUT2D eigenvalue weighted by atomic mass is 9.81. The van der Waals surface area contributed by atoms with Gasteiger partial charge in [0.05, 0.1) is 17.9 Å². The minimum Gasteiger partial charge on any atom is -0.496 e. The smallest absolute Gasteiger partial charge is 0.308 e. The van der Waals surface area contributed by atoms with Gasteiger partial charge in [-0.3, -0.25) is 4.79 Å².